The van der Waals surface area contributed by atoms with Gasteiger partial charge in [0.05, 0.1) is 22.2 Å². The van der Waals surface area contributed by atoms with Gasteiger partial charge in [0.25, 0.3) is 0 Å². The summed E-state index contributed by atoms with van der Waals surface area (Å²) < 4.78 is 6.82. The van der Waals surface area contributed by atoms with Crippen LogP contribution in [-0.2, 0) is 4.74 Å². The van der Waals surface area contributed by atoms with Crippen LogP contribution in [0, 0.1) is 0 Å². The molecule has 2 aromatic carbocycles. The van der Waals surface area contributed by atoms with E-state index in [2.05, 4.69) is 4.98 Å². The number of pyridine rings is 2. The Kier molecular flexibility index (Phi) is 5.57. The lowest BCUT2D eigenvalue weighted by molar-refractivity contribution is 0.0524. The summed E-state index contributed by atoms with van der Waals surface area (Å²) in [7, 11) is 0. The molecule has 30 heavy (non-hydrogen) atoms. The standard InChI is InChI=1S/C23H16Cl2N2O3/c1-2-30-23(29)18-13-27(16-4-6-19(24)20(25)12-16)21-11-15(3-5-17(21)22(18)28)14-7-9-26-10-8-14/h3-13H,2H2,1H3. The molecule has 150 valence electrons. The zero-order valence-electron chi connectivity index (χ0n) is 15.9. The van der Waals surface area contributed by atoms with Crippen LogP contribution in [0.25, 0.3) is 27.7 Å². The molecular weight excluding hydrogens is 423 g/mol. The van der Waals surface area contributed by atoms with Crippen LogP contribution < -0.4 is 5.43 Å². The number of halogens is 2. The van der Waals surface area contributed by atoms with E-state index in [1.165, 1.54) is 6.20 Å². The van der Waals surface area contributed by atoms with Crippen molar-refractivity contribution in [2.75, 3.05) is 6.61 Å². The van der Waals surface area contributed by atoms with Gasteiger partial charge in [-0.1, -0.05) is 29.3 Å². The SMILES string of the molecule is CCOC(=O)c1cn(-c2ccc(Cl)c(Cl)c2)c2cc(-c3ccncc3)ccc2c1=O. The Morgan fingerprint density at radius 2 is 1.77 bits per heavy atom. The third-order valence-corrected chi connectivity index (χ3v) is 5.43. The Bertz CT molecular complexity index is 1320. The maximum Gasteiger partial charge on any atom is 0.343 e. The Morgan fingerprint density at radius 1 is 1.00 bits per heavy atom. The second kappa shape index (κ2) is 8.30. The first-order chi connectivity index (χ1) is 14.5. The quantitative estimate of drug-likeness (QED) is 0.392. The van der Waals surface area contributed by atoms with Crippen molar-refractivity contribution < 1.29 is 9.53 Å². The van der Waals surface area contributed by atoms with Gasteiger partial charge in [-0.15, -0.1) is 0 Å². The van der Waals surface area contributed by atoms with Gasteiger partial charge in [0.2, 0.25) is 5.43 Å². The maximum absolute atomic E-state index is 13.0. The van der Waals surface area contributed by atoms with Crippen molar-refractivity contribution in [3.63, 3.8) is 0 Å². The largest absolute Gasteiger partial charge is 0.462 e. The summed E-state index contributed by atoms with van der Waals surface area (Å²) in [5.41, 5.74) is 2.71. The van der Waals surface area contributed by atoms with E-state index in [1.54, 1.807) is 48.1 Å². The van der Waals surface area contributed by atoms with E-state index in [0.29, 0.717) is 26.6 Å². The van der Waals surface area contributed by atoms with Crippen molar-refractivity contribution >= 4 is 40.1 Å². The van der Waals surface area contributed by atoms with Crippen molar-refractivity contribution in [2.24, 2.45) is 0 Å². The third kappa shape index (κ3) is 3.70. The number of carbonyl (C=O) groups is 1. The molecule has 0 saturated heterocycles. The van der Waals surface area contributed by atoms with Crippen LogP contribution in [0.2, 0.25) is 10.0 Å². The van der Waals surface area contributed by atoms with Gasteiger partial charge in [-0.3, -0.25) is 9.78 Å². The average Bonchev–Trinajstić information content (AvgIpc) is 2.76. The zero-order chi connectivity index (χ0) is 21.3. The molecule has 0 bridgehead atoms. The fraction of sp³-hybridized carbons (Fsp3) is 0.0870. The molecule has 2 aromatic heterocycles. The number of ether oxygens (including phenoxy) is 1. The number of carbonyl (C=O) groups excluding carboxylic acids is 1. The molecule has 0 radical (unpaired) electrons. The summed E-state index contributed by atoms with van der Waals surface area (Å²) in [4.78, 5) is 29.5. The van der Waals surface area contributed by atoms with Gasteiger partial charge in [-0.25, -0.2) is 4.79 Å². The highest BCUT2D eigenvalue weighted by Gasteiger charge is 2.18. The average molecular weight is 439 g/mol. The van der Waals surface area contributed by atoms with Crippen molar-refractivity contribution in [2.45, 2.75) is 6.92 Å². The summed E-state index contributed by atoms with van der Waals surface area (Å²) in [6, 6.07) is 14.3. The van der Waals surface area contributed by atoms with E-state index in [9.17, 15) is 9.59 Å². The number of esters is 1. The number of benzene rings is 2. The number of fused-ring (bicyclic) bond motifs is 1. The molecule has 0 unspecified atom stereocenters. The normalized spacial score (nSPS) is 10.9. The molecule has 2 heterocycles. The number of aromatic nitrogens is 2. The highest BCUT2D eigenvalue weighted by atomic mass is 35.5. The minimum Gasteiger partial charge on any atom is -0.462 e. The van der Waals surface area contributed by atoms with Crippen molar-refractivity contribution in [1.29, 1.82) is 0 Å². The van der Waals surface area contributed by atoms with Gasteiger partial charge < -0.3 is 9.30 Å². The summed E-state index contributed by atoms with van der Waals surface area (Å²) in [6.07, 6.45) is 4.89. The highest BCUT2D eigenvalue weighted by Crippen LogP contribution is 2.28. The fourth-order valence-electron chi connectivity index (χ4n) is 3.25. The van der Waals surface area contributed by atoms with E-state index >= 15 is 0 Å². The Balaban J connectivity index is 2.04. The summed E-state index contributed by atoms with van der Waals surface area (Å²) in [5, 5.41) is 1.17. The number of nitrogens with zero attached hydrogens (tertiary/aromatic N) is 2. The predicted octanol–water partition coefficient (Wildman–Crippen LogP) is 5.54. The molecule has 0 fully saturated rings. The van der Waals surface area contributed by atoms with Crippen LogP contribution >= 0.6 is 23.2 Å². The Hall–Kier alpha value is -3.15. The van der Waals surface area contributed by atoms with E-state index < -0.39 is 5.97 Å². The minimum absolute atomic E-state index is 0.0490. The van der Waals surface area contributed by atoms with Crippen LogP contribution in [-0.4, -0.2) is 22.1 Å². The lowest BCUT2D eigenvalue weighted by Gasteiger charge is -2.15. The van der Waals surface area contributed by atoms with Crippen LogP contribution in [0.15, 0.2) is 71.9 Å². The van der Waals surface area contributed by atoms with E-state index in [0.717, 1.165) is 11.1 Å². The van der Waals surface area contributed by atoms with Crippen LogP contribution in [0.3, 0.4) is 0 Å². The minimum atomic E-state index is -0.670. The lowest BCUT2D eigenvalue weighted by atomic mass is 10.0. The topological polar surface area (TPSA) is 61.2 Å². The van der Waals surface area contributed by atoms with Crippen molar-refractivity contribution in [3.05, 3.63) is 93.0 Å². The van der Waals surface area contributed by atoms with E-state index in [1.807, 2.05) is 24.3 Å². The molecule has 0 spiro atoms. The highest BCUT2D eigenvalue weighted by molar-refractivity contribution is 6.42. The first-order valence-electron chi connectivity index (χ1n) is 9.22. The molecule has 0 aliphatic heterocycles. The van der Waals surface area contributed by atoms with Gasteiger partial charge in [0.1, 0.15) is 5.56 Å². The molecule has 0 aliphatic rings. The second-order valence-electron chi connectivity index (χ2n) is 6.53. The van der Waals surface area contributed by atoms with Gasteiger partial charge in [-0.2, -0.15) is 0 Å². The summed E-state index contributed by atoms with van der Waals surface area (Å²) in [5.74, 6) is -0.670. The second-order valence-corrected chi connectivity index (χ2v) is 7.34. The molecule has 7 heteroatoms. The van der Waals surface area contributed by atoms with Gasteiger partial charge >= 0.3 is 5.97 Å². The molecule has 0 N–H and O–H groups in total. The lowest BCUT2D eigenvalue weighted by Crippen LogP contribution is -2.20. The van der Waals surface area contributed by atoms with Gasteiger partial charge in [-0.05, 0) is 60.5 Å². The van der Waals surface area contributed by atoms with E-state index in [-0.39, 0.29) is 17.6 Å². The van der Waals surface area contributed by atoms with Gasteiger partial charge in [0.15, 0.2) is 0 Å². The smallest absolute Gasteiger partial charge is 0.343 e. The van der Waals surface area contributed by atoms with Gasteiger partial charge in [0, 0.05) is 29.7 Å². The van der Waals surface area contributed by atoms with E-state index in [4.69, 9.17) is 27.9 Å². The first kappa shape index (κ1) is 20.1. The monoisotopic (exact) mass is 438 g/mol. The Labute approximate surface area is 182 Å². The molecule has 0 amide bonds. The predicted molar refractivity (Wildman–Crippen MR) is 119 cm³/mol. The molecule has 0 saturated carbocycles. The molecule has 4 rings (SSSR count). The number of hydrogen-bond donors (Lipinski definition) is 0. The summed E-state index contributed by atoms with van der Waals surface area (Å²) in [6.45, 7) is 1.86. The number of rotatable bonds is 4. The van der Waals surface area contributed by atoms with Crippen LogP contribution in [0.1, 0.15) is 17.3 Å². The first-order valence-corrected chi connectivity index (χ1v) is 9.97. The maximum atomic E-state index is 13.0. The van der Waals surface area contributed by atoms with Crippen molar-refractivity contribution in [3.8, 4) is 16.8 Å². The molecule has 4 aromatic rings. The van der Waals surface area contributed by atoms with Crippen LogP contribution in [0.4, 0.5) is 0 Å². The fourth-order valence-corrected chi connectivity index (χ4v) is 3.54. The van der Waals surface area contributed by atoms with Crippen LogP contribution in [0.5, 0.6) is 0 Å². The zero-order valence-corrected chi connectivity index (χ0v) is 17.4. The number of hydrogen-bond acceptors (Lipinski definition) is 4. The molecule has 5 nitrogen and oxygen atoms in total. The molecular formula is C23H16Cl2N2O3. The molecule has 0 aliphatic carbocycles. The van der Waals surface area contributed by atoms with Crippen molar-refractivity contribution in [1.82, 2.24) is 9.55 Å². The molecule has 0 atom stereocenters. The third-order valence-electron chi connectivity index (χ3n) is 4.70. The Morgan fingerprint density at radius 3 is 2.47 bits per heavy atom. The summed E-state index contributed by atoms with van der Waals surface area (Å²) >= 11 is 12.3.